The van der Waals surface area contributed by atoms with E-state index in [-0.39, 0.29) is 16.3 Å². The largest absolute Gasteiger partial charge is 0.506 e. The summed E-state index contributed by atoms with van der Waals surface area (Å²) in [5, 5.41) is 11.1. The van der Waals surface area contributed by atoms with Gasteiger partial charge in [0.15, 0.2) is 0 Å². The van der Waals surface area contributed by atoms with E-state index in [0.29, 0.717) is 0 Å². The van der Waals surface area contributed by atoms with Gasteiger partial charge in [-0.2, -0.15) is 13.2 Å². The second-order valence-electron chi connectivity index (χ2n) is 4.05. The number of alkyl halides is 3. The molecule has 0 unspecified atom stereocenters. The summed E-state index contributed by atoms with van der Waals surface area (Å²) in [7, 11) is 0. The first-order valence-corrected chi connectivity index (χ1v) is 5.98. The molecular weight excluding hydrogens is 309 g/mol. The Hall–Kier alpha value is -2.28. The third-order valence-electron chi connectivity index (χ3n) is 2.54. The molecule has 0 atom stereocenters. The third kappa shape index (κ3) is 3.43. The summed E-state index contributed by atoms with van der Waals surface area (Å²) in [6, 6.07) is 4.25. The Balaban J connectivity index is 2.38. The van der Waals surface area contributed by atoms with Crippen molar-refractivity contribution in [2.75, 3.05) is 5.32 Å². The number of aromatic nitrogens is 1. The number of anilines is 1. The number of hydrogen-bond donors (Lipinski definition) is 2. The molecular formula is C13H8ClF3N2O2. The second-order valence-corrected chi connectivity index (χ2v) is 4.45. The van der Waals surface area contributed by atoms with Gasteiger partial charge in [-0.1, -0.05) is 17.7 Å². The van der Waals surface area contributed by atoms with E-state index in [9.17, 15) is 23.1 Å². The molecule has 1 amide bonds. The number of pyridine rings is 1. The van der Waals surface area contributed by atoms with E-state index in [2.05, 4.69) is 10.3 Å². The first-order valence-electron chi connectivity index (χ1n) is 5.60. The molecule has 8 heteroatoms. The van der Waals surface area contributed by atoms with Gasteiger partial charge in [-0.3, -0.25) is 9.78 Å². The Labute approximate surface area is 122 Å². The number of aromatic hydroxyl groups is 1. The van der Waals surface area contributed by atoms with E-state index in [1.54, 1.807) is 0 Å². The van der Waals surface area contributed by atoms with Crippen LogP contribution in [0.2, 0.25) is 5.02 Å². The van der Waals surface area contributed by atoms with Crippen molar-refractivity contribution < 1.29 is 23.1 Å². The minimum absolute atomic E-state index is 0.0944. The number of para-hydroxylation sites is 1. The summed E-state index contributed by atoms with van der Waals surface area (Å²) < 4.78 is 38.6. The zero-order valence-corrected chi connectivity index (χ0v) is 11.0. The van der Waals surface area contributed by atoms with Crippen LogP contribution in [0.4, 0.5) is 18.9 Å². The molecule has 2 aromatic rings. The molecule has 4 nitrogen and oxygen atoms in total. The fraction of sp³-hybridized carbons (Fsp3) is 0.0769. The van der Waals surface area contributed by atoms with E-state index < -0.39 is 23.3 Å². The number of hydrogen-bond acceptors (Lipinski definition) is 3. The molecule has 0 aliphatic carbocycles. The van der Waals surface area contributed by atoms with Gasteiger partial charge in [0.2, 0.25) is 0 Å². The van der Waals surface area contributed by atoms with E-state index in [1.807, 2.05) is 0 Å². The summed E-state index contributed by atoms with van der Waals surface area (Å²) in [4.78, 5) is 15.5. The number of benzene rings is 1. The van der Waals surface area contributed by atoms with Gasteiger partial charge in [0.1, 0.15) is 5.75 Å². The maximum absolute atomic E-state index is 12.9. The lowest BCUT2D eigenvalue weighted by Gasteiger charge is -2.15. The molecule has 0 spiro atoms. The monoisotopic (exact) mass is 316 g/mol. The molecule has 2 rings (SSSR count). The lowest BCUT2D eigenvalue weighted by molar-refractivity contribution is -0.136. The third-order valence-corrected chi connectivity index (χ3v) is 2.86. The number of nitrogens with one attached hydrogen (secondary N) is 1. The highest BCUT2D eigenvalue weighted by molar-refractivity contribution is 6.34. The van der Waals surface area contributed by atoms with Crippen LogP contribution in [0.3, 0.4) is 0 Å². The van der Waals surface area contributed by atoms with Crippen molar-refractivity contribution in [3.05, 3.63) is 52.8 Å². The van der Waals surface area contributed by atoms with Crippen molar-refractivity contribution in [2.24, 2.45) is 0 Å². The molecule has 0 saturated carbocycles. The average molecular weight is 317 g/mol. The molecule has 0 radical (unpaired) electrons. The number of carbonyl (C=O) groups excluding carboxylic acids is 1. The van der Waals surface area contributed by atoms with Crippen LogP contribution < -0.4 is 5.32 Å². The Morgan fingerprint density at radius 1 is 1.29 bits per heavy atom. The second kappa shape index (κ2) is 5.61. The van der Waals surface area contributed by atoms with Crippen molar-refractivity contribution in [3.8, 4) is 5.75 Å². The molecule has 110 valence electrons. The van der Waals surface area contributed by atoms with Crippen LogP contribution in [0.25, 0.3) is 0 Å². The van der Waals surface area contributed by atoms with Crippen molar-refractivity contribution in [1.82, 2.24) is 4.98 Å². The van der Waals surface area contributed by atoms with Crippen LogP contribution in [-0.2, 0) is 6.18 Å². The van der Waals surface area contributed by atoms with E-state index in [1.165, 1.54) is 6.07 Å². The highest BCUT2D eigenvalue weighted by Crippen LogP contribution is 2.38. The predicted molar refractivity (Wildman–Crippen MR) is 70.3 cm³/mol. The minimum Gasteiger partial charge on any atom is -0.506 e. The van der Waals surface area contributed by atoms with Crippen molar-refractivity contribution in [3.63, 3.8) is 0 Å². The summed E-state index contributed by atoms with van der Waals surface area (Å²) in [5.74, 6) is -1.14. The van der Waals surface area contributed by atoms with Crippen LogP contribution in [0.1, 0.15) is 15.9 Å². The molecule has 1 heterocycles. The van der Waals surface area contributed by atoms with Gasteiger partial charge in [-0.15, -0.1) is 0 Å². The summed E-state index contributed by atoms with van der Waals surface area (Å²) >= 11 is 5.72. The summed E-state index contributed by atoms with van der Waals surface area (Å²) in [6.45, 7) is 0. The van der Waals surface area contributed by atoms with Crippen LogP contribution in [0.15, 0.2) is 36.7 Å². The SMILES string of the molecule is O=C(Nc1c(Cl)cccc1C(F)(F)F)c1cncc(O)c1. The summed E-state index contributed by atoms with van der Waals surface area (Å²) in [5.41, 5.74) is -1.69. The molecule has 2 N–H and O–H groups in total. The lowest BCUT2D eigenvalue weighted by Crippen LogP contribution is -2.17. The molecule has 1 aromatic heterocycles. The van der Waals surface area contributed by atoms with Gasteiger partial charge in [-0.25, -0.2) is 0 Å². The standard InChI is InChI=1S/C13H8ClF3N2O2/c14-10-3-1-2-9(13(15,16)17)11(10)19-12(21)7-4-8(20)6-18-5-7/h1-6,20H,(H,19,21). The number of carbonyl (C=O) groups is 1. The molecule has 0 aliphatic heterocycles. The highest BCUT2D eigenvalue weighted by atomic mass is 35.5. The zero-order valence-electron chi connectivity index (χ0n) is 10.3. The van der Waals surface area contributed by atoms with Crippen molar-refractivity contribution in [2.45, 2.75) is 6.18 Å². The number of amides is 1. The Morgan fingerprint density at radius 3 is 2.62 bits per heavy atom. The van der Waals surface area contributed by atoms with E-state index in [4.69, 9.17) is 11.6 Å². The Kier molecular flexibility index (Phi) is 4.04. The van der Waals surface area contributed by atoms with Crippen molar-refractivity contribution >= 4 is 23.2 Å². The highest BCUT2D eigenvalue weighted by Gasteiger charge is 2.34. The molecule has 0 fully saturated rings. The zero-order chi connectivity index (χ0) is 15.6. The molecule has 21 heavy (non-hydrogen) atoms. The van der Waals surface area contributed by atoms with E-state index >= 15 is 0 Å². The van der Waals surface area contributed by atoms with Gasteiger partial charge in [0.25, 0.3) is 5.91 Å². The fourth-order valence-electron chi connectivity index (χ4n) is 1.63. The van der Waals surface area contributed by atoms with Gasteiger partial charge in [-0.05, 0) is 18.2 Å². The van der Waals surface area contributed by atoms with E-state index in [0.717, 1.165) is 30.6 Å². The van der Waals surface area contributed by atoms with Gasteiger partial charge in [0.05, 0.1) is 28.0 Å². The fourth-order valence-corrected chi connectivity index (χ4v) is 1.85. The molecule has 0 aliphatic rings. The minimum atomic E-state index is -4.66. The summed E-state index contributed by atoms with van der Waals surface area (Å²) in [6.07, 6.45) is -2.46. The maximum Gasteiger partial charge on any atom is 0.418 e. The first kappa shape index (κ1) is 15.1. The van der Waals surface area contributed by atoms with Gasteiger partial charge in [0, 0.05) is 6.20 Å². The Morgan fingerprint density at radius 2 is 2.00 bits per heavy atom. The lowest BCUT2D eigenvalue weighted by atomic mass is 10.1. The van der Waals surface area contributed by atoms with Gasteiger partial charge < -0.3 is 10.4 Å². The van der Waals surface area contributed by atoms with Crippen molar-refractivity contribution in [1.29, 1.82) is 0 Å². The quantitative estimate of drug-likeness (QED) is 0.887. The topological polar surface area (TPSA) is 62.2 Å². The van der Waals surface area contributed by atoms with Gasteiger partial charge >= 0.3 is 6.18 Å². The van der Waals surface area contributed by atoms with Crippen LogP contribution in [0, 0.1) is 0 Å². The normalized spacial score (nSPS) is 11.2. The molecule has 1 aromatic carbocycles. The van der Waals surface area contributed by atoms with Crippen LogP contribution in [0.5, 0.6) is 5.75 Å². The molecule has 0 saturated heterocycles. The maximum atomic E-state index is 12.9. The number of nitrogens with zero attached hydrogens (tertiary/aromatic N) is 1. The average Bonchev–Trinajstić information content (AvgIpc) is 2.39. The molecule has 0 bridgehead atoms. The first-order chi connectivity index (χ1) is 9.79. The predicted octanol–water partition coefficient (Wildman–Crippen LogP) is 3.71. The number of halogens is 4. The van der Waals surface area contributed by atoms with Crippen LogP contribution in [-0.4, -0.2) is 16.0 Å². The number of rotatable bonds is 2. The Bertz CT molecular complexity index is 689. The van der Waals surface area contributed by atoms with Crippen LogP contribution >= 0.6 is 11.6 Å². The smallest absolute Gasteiger partial charge is 0.418 e.